The van der Waals surface area contributed by atoms with Crippen LogP contribution in [0, 0.1) is 23.2 Å². The zero-order valence-corrected chi connectivity index (χ0v) is 14.5. The molecule has 3 aliphatic carbocycles. The lowest BCUT2D eigenvalue weighted by atomic mass is 9.48. The van der Waals surface area contributed by atoms with Gasteiger partial charge in [0.05, 0.1) is 5.54 Å². The summed E-state index contributed by atoms with van der Waals surface area (Å²) in [6.45, 7) is 9.22. The van der Waals surface area contributed by atoms with Crippen molar-refractivity contribution in [1.29, 1.82) is 0 Å². The Hall–Kier alpha value is -1.14. The summed E-state index contributed by atoms with van der Waals surface area (Å²) in [5.41, 5.74) is 3.26. The molecule has 2 saturated carbocycles. The second-order valence-corrected chi connectivity index (χ2v) is 8.38. The molecule has 0 spiro atoms. The van der Waals surface area contributed by atoms with E-state index in [1.165, 1.54) is 37.7 Å². The van der Waals surface area contributed by atoms with Gasteiger partial charge < -0.3 is 0 Å². The van der Waals surface area contributed by atoms with E-state index < -0.39 is 0 Å². The Morgan fingerprint density at radius 3 is 2.77 bits per heavy atom. The summed E-state index contributed by atoms with van der Waals surface area (Å²) in [6, 6.07) is 0. The monoisotopic (exact) mass is 299 g/mol. The number of aliphatic imine (C=N–C) groups is 1. The molecule has 2 fully saturated rings. The van der Waals surface area contributed by atoms with Crippen LogP contribution in [0.4, 0.5) is 0 Å². The second kappa shape index (κ2) is 5.49. The Morgan fingerprint density at radius 1 is 1.32 bits per heavy atom. The fourth-order valence-electron chi connectivity index (χ4n) is 5.61. The maximum Gasteiger partial charge on any atom is 0.235 e. The highest BCUT2D eigenvalue weighted by Gasteiger charge is 2.55. The van der Waals surface area contributed by atoms with E-state index in [0.717, 1.165) is 6.42 Å². The van der Waals surface area contributed by atoms with E-state index in [9.17, 15) is 4.79 Å². The lowest BCUT2D eigenvalue weighted by Crippen LogP contribution is -2.53. The molecule has 0 saturated heterocycles. The lowest BCUT2D eigenvalue weighted by molar-refractivity contribution is -0.0170. The second-order valence-electron chi connectivity index (χ2n) is 8.38. The predicted octanol–water partition coefficient (Wildman–Crippen LogP) is 5.21. The minimum Gasteiger partial charge on any atom is -0.211 e. The van der Waals surface area contributed by atoms with Gasteiger partial charge in [0.25, 0.3) is 0 Å². The van der Waals surface area contributed by atoms with Crippen LogP contribution in [-0.4, -0.2) is 11.6 Å². The molecule has 0 radical (unpaired) electrons. The maximum absolute atomic E-state index is 10.9. The Balaban J connectivity index is 1.95. The highest BCUT2D eigenvalue weighted by atomic mass is 16.1. The van der Waals surface area contributed by atoms with Crippen LogP contribution < -0.4 is 0 Å². The summed E-state index contributed by atoms with van der Waals surface area (Å²) >= 11 is 0. The Kier molecular flexibility index (Phi) is 3.93. The summed E-state index contributed by atoms with van der Waals surface area (Å²) in [5, 5.41) is 0. The van der Waals surface area contributed by atoms with Crippen LogP contribution >= 0.6 is 0 Å². The molecule has 0 aromatic carbocycles. The average molecular weight is 299 g/mol. The zero-order chi connectivity index (χ0) is 16.0. The smallest absolute Gasteiger partial charge is 0.211 e. The van der Waals surface area contributed by atoms with E-state index in [2.05, 4.69) is 44.8 Å². The van der Waals surface area contributed by atoms with Crippen molar-refractivity contribution in [1.82, 2.24) is 0 Å². The summed E-state index contributed by atoms with van der Waals surface area (Å²) in [5.74, 6) is 1.79. The van der Waals surface area contributed by atoms with Crippen molar-refractivity contribution in [2.75, 3.05) is 0 Å². The van der Waals surface area contributed by atoms with E-state index in [1.807, 2.05) is 6.08 Å². The normalized spacial score (nSPS) is 41.0. The first-order valence-corrected chi connectivity index (χ1v) is 8.90. The number of hydrogen-bond acceptors (Lipinski definition) is 2. The molecule has 120 valence electrons. The summed E-state index contributed by atoms with van der Waals surface area (Å²) < 4.78 is 0. The lowest BCUT2D eigenvalue weighted by Gasteiger charge is -2.57. The van der Waals surface area contributed by atoms with E-state index in [-0.39, 0.29) is 11.0 Å². The van der Waals surface area contributed by atoms with Crippen LogP contribution in [0.2, 0.25) is 0 Å². The van der Waals surface area contributed by atoms with Crippen molar-refractivity contribution in [3.63, 3.8) is 0 Å². The predicted molar refractivity (Wildman–Crippen MR) is 90.3 cm³/mol. The topological polar surface area (TPSA) is 29.4 Å². The zero-order valence-electron chi connectivity index (χ0n) is 14.5. The van der Waals surface area contributed by atoms with E-state index in [0.29, 0.717) is 17.8 Å². The van der Waals surface area contributed by atoms with Gasteiger partial charge in [-0.05, 0) is 67.8 Å². The van der Waals surface area contributed by atoms with Gasteiger partial charge in [-0.1, -0.05) is 44.9 Å². The van der Waals surface area contributed by atoms with Crippen molar-refractivity contribution < 1.29 is 4.79 Å². The van der Waals surface area contributed by atoms with E-state index in [1.54, 1.807) is 5.57 Å². The fraction of sp³-hybridized carbons (Fsp3) is 0.750. The van der Waals surface area contributed by atoms with Crippen LogP contribution in [-0.2, 0) is 4.79 Å². The van der Waals surface area contributed by atoms with Crippen LogP contribution in [0.15, 0.2) is 28.3 Å². The van der Waals surface area contributed by atoms with Crippen molar-refractivity contribution >= 4 is 6.08 Å². The first-order valence-electron chi connectivity index (χ1n) is 8.90. The summed E-state index contributed by atoms with van der Waals surface area (Å²) in [4.78, 5) is 15.2. The van der Waals surface area contributed by atoms with Crippen molar-refractivity contribution in [2.45, 2.75) is 71.8 Å². The molecular formula is C20H29NO. The Labute approximate surface area is 134 Å². The van der Waals surface area contributed by atoms with Gasteiger partial charge in [0.2, 0.25) is 6.08 Å². The molecule has 0 heterocycles. The molecule has 0 aromatic heterocycles. The molecule has 2 nitrogen and oxygen atoms in total. The first-order chi connectivity index (χ1) is 10.4. The summed E-state index contributed by atoms with van der Waals surface area (Å²) in [7, 11) is 0. The van der Waals surface area contributed by atoms with Gasteiger partial charge in [0, 0.05) is 0 Å². The van der Waals surface area contributed by atoms with Crippen LogP contribution in [0.5, 0.6) is 0 Å². The number of carbonyl (C=O) groups excluding carboxylic acids is 1. The molecule has 4 unspecified atom stereocenters. The van der Waals surface area contributed by atoms with Crippen LogP contribution in [0.1, 0.15) is 66.2 Å². The van der Waals surface area contributed by atoms with E-state index >= 15 is 0 Å². The third-order valence-electron chi connectivity index (χ3n) is 6.82. The van der Waals surface area contributed by atoms with Crippen molar-refractivity contribution in [3.8, 4) is 0 Å². The molecule has 3 aliphatic rings. The molecule has 4 atom stereocenters. The fourth-order valence-corrected chi connectivity index (χ4v) is 5.61. The number of fused-ring (bicyclic) bond motifs is 3. The van der Waals surface area contributed by atoms with Gasteiger partial charge >= 0.3 is 0 Å². The Bertz CT molecular complexity index is 566. The molecule has 0 amide bonds. The molecule has 3 rings (SSSR count). The molecule has 0 N–H and O–H groups in total. The number of isocyanates is 1. The average Bonchev–Trinajstić information content (AvgIpc) is 2.46. The van der Waals surface area contributed by atoms with Gasteiger partial charge in [0.15, 0.2) is 0 Å². The highest BCUT2D eigenvalue weighted by Crippen LogP contribution is 2.61. The summed E-state index contributed by atoms with van der Waals surface area (Å²) in [6.07, 6.45) is 13.8. The third-order valence-corrected chi connectivity index (χ3v) is 6.82. The number of allylic oxidation sites excluding steroid dienone is 4. The number of nitrogens with zero attached hydrogens (tertiary/aromatic N) is 1. The van der Waals surface area contributed by atoms with Gasteiger partial charge in [-0.2, -0.15) is 4.99 Å². The standard InChI is InChI=1S/C20H29NO/c1-14(2)15-6-8-17-16(12-15)7-9-18-19(17,3)10-5-11-20(18,4)21-13-22/h6,12,14,17-18H,5,7-11H2,1-4H3. The van der Waals surface area contributed by atoms with Crippen LogP contribution in [0.25, 0.3) is 0 Å². The first kappa shape index (κ1) is 15.7. The van der Waals surface area contributed by atoms with E-state index in [4.69, 9.17) is 0 Å². The quantitative estimate of drug-likeness (QED) is 0.508. The van der Waals surface area contributed by atoms with Crippen molar-refractivity contribution in [2.24, 2.45) is 28.2 Å². The third kappa shape index (κ3) is 2.33. The minimum atomic E-state index is -0.192. The van der Waals surface area contributed by atoms with Gasteiger partial charge in [0.1, 0.15) is 0 Å². The molecule has 0 aromatic rings. The molecular weight excluding hydrogens is 270 g/mol. The van der Waals surface area contributed by atoms with Gasteiger partial charge in [-0.3, -0.25) is 0 Å². The molecule has 0 aliphatic heterocycles. The number of hydrogen-bond donors (Lipinski definition) is 0. The van der Waals surface area contributed by atoms with Crippen LogP contribution in [0.3, 0.4) is 0 Å². The van der Waals surface area contributed by atoms with Gasteiger partial charge in [-0.15, -0.1) is 0 Å². The molecule has 22 heavy (non-hydrogen) atoms. The minimum absolute atomic E-state index is 0.192. The Morgan fingerprint density at radius 2 is 2.09 bits per heavy atom. The maximum atomic E-state index is 10.9. The van der Waals surface area contributed by atoms with Crippen molar-refractivity contribution in [3.05, 3.63) is 23.3 Å². The van der Waals surface area contributed by atoms with Gasteiger partial charge in [-0.25, -0.2) is 4.79 Å². The highest BCUT2D eigenvalue weighted by molar-refractivity contribution is 5.37. The molecule has 2 heteroatoms. The number of rotatable bonds is 2. The SMILES string of the molecule is CC(C)C1=CCC2C(=C1)CCC1C(C)(N=C=O)CCCC21C. The largest absolute Gasteiger partial charge is 0.235 e. The molecule has 0 bridgehead atoms.